The number of amides is 1. The Balaban J connectivity index is 1.65. The smallest absolute Gasteiger partial charge is 0.263 e. The molecular weight excluding hydrogens is 248 g/mol. The minimum atomic E-state index is 0.0162. The van der Waals surface area contributed by atoms with Crippen molar-refractivity contribution in [2.45, 2.75) is 38.6 Å². The van der Waals surface area contributed by atoms with Gasteiger partial charge in [0.25, 0.3) is 5.91 Å². The SMILES string of the molecule is Cc1nc(CC2CC2)sc1C(=O)N[C@H]1CCOC1. The number of thiazole rings is 1. The minimum absolute atomic E-state index is 0.0162. The van der Waals surface area contributed by atoms with Crippen LogP contribution in [-0.2, 0) is 11.2 Å². The molecule has 1 aliphatic heterocycles. The van der Waals surface area contributed by atoms with Crippen molar-refractivity contribution in [2.75, 3.05) is 13.2 Å². The van der Waals surface area contributed by atoms with E-state index in [0.717, 1.165) is 40.9 Å². The monoisotopic (exact) mass is 266 g/mol. The van der Waals surface area contributed by atoms with Crippen molar-refractivity contribution in [1.82, 2.24) is 10.3 Å². The van der Waals surface area contributed by atoms with E-state index in [4.69, 9.17) is 4.74 Å². The number of ether oxygens (including phenoxy) is 1. The number of aryl methyl sites for hydroxylation is 1. The van der Waals surface area contributed by atoms with Gasteiger partial charge in [-0.05, 0) is 32.1 Å². The van der Waals surface area contributed by atoms with Gasteiger partial charge in [-0.2, -0.15) is 0 Å². The summed E-state index contributed by atoms with van der Waals surface area (Å²) in [4.78, 5) is 17.4. The molecule has 2 heterocycles. The zero-order valence-electron chi connectivity index (χ0n) is 10.6. The van der Waals surface area contributed by atoms with Crippen LogP contribution in [0.2, 0.25) is 0 Å². The Bertz CT molecular complexity index is 448. The lowest BCUT2D eigenvalue weighted by atomic mass is 10.2. The van der Waals surface area contributed by atoms with Crippen LogP contribution < -0.4 is 5.32 Å². The number of carbonyl (C=O) groups is 1. The Hall–Kier alpha value is -0.940. The quantitative estimate of drug-likeness (QED) is 0.906. The van der Waals surface area contributed by atoms with Crippen LogP contribution in [0, 0.1) is 12.8 Å². The Morgan fingerprint density at radius 1 is 1.50 bits per heavy atom. The molecular formula is C13H18N2O2S. The standard InChI is InChI=1S/C13H18N2O2S/c1-8-12(13(16)15-10-4-5-17-7-10)18-11(14-8)6-9-2-3-9/h9-10H,2-7H2,1H3,(H,15,16)/t10-/m0/s1. The van der Waals surface area contributed by atoms with Gasteiger partial charge in [-0.3, -0.25) is 4.79 Å². The lowest BCUT2D eigenvalue weighted by molar-refractivity contribution is 0.0933. The van der Waals surface area contributed by atoms with Crippen LogP contribution >= 0.6 is 11.3 Å². The van der Waals surface area contributed by atoms with Crippen LogP contribution in [0.5, 0.6) is 0 Å². The number of rotatable bonds is 4. The molecule has 98 valence electrons. The van der Waals surface area contributed by atoms with Crippen molar-refractivity contribution in [3.05, 3.63) is 15.6 Å². The zero-order valence-corrected chi connectivity index (χ0v) is 11.4. The predicted molar refractivity (Wildman–Crippen MR) is 70.0 cm³/mol. The van der Waals surface area contributed by atoms with Crippen molar-refractivity contribution >= 4 is 17.2 Å². The van der Waals surface area contributed by atoms with Gasteiger partial charge in [-0.25, -0.2) is 4.98 Å². The Morgan fingerprint density at radius 2 is 2.33 bits per heavy atom. The molecule has 0 spiro atoms. The molecule has 1 saturated carbocycles. The van der Waals surface area contributed by atoms with Crippen LogP contribution in [0.25, 0.3) is 0 Å². The first-order chi connectivity index (χ1) is 8.72. The second-order valence-electron chi connectivity index (χ2n) is 5.20. The zero-order chi connectivity index (χ0) is 12.5. The van der Waals surface area contributed by atoms with Crippen molar-refractivity contribution < 1.29 is 9.53 Å². The molecule has 0 unspecified atom stereocenters. The summed E-state index contributed by atoms with van der Waals surface area (Å²) in [6.45, 7) is 3.31. The van der Waals surface area contributed by atoms with Gasteiger partial charge >= 0.3 is 0 Å². The highest BCUT2D eigenvalue weighted by molar-refractivity contribution is 7.13. The van der Waals surface area contributed by atoms with Gasteiger partial charge in [-0.15, -0.1) is 11.3 Å². The van der Waals surface area contributed by atoms with Crippen LogP contribution in [0.1, 0.15) is 39.6 Å². The predicted octanol–water partition coefficient (Wildman–Crippen LogP) is 1.92. The van der Waals surface area contributed by atoms with E-state index in [9.17, 15) is 4.79 Å². The van der Waals surface area contributed by atoms with Gasteiger partial charge in [0.15, 0.2) is 0 Å². The van der Waals surface area contributed by atoms with Crippen LogP contribution in [0.15, 0.2) is 0 Å². The first kappa shape index (κ1) is 12.1. The maximum atomic E-state index is 12.1. The lowest BCUT2D eigenvalue weighted by Gasteiger charge is -2.09. The second-order valence-corrected chi connectivity index (χ2v) is 6.29. The van der Waals surface area contributed by atoms with Crippen LogP contribution in [0.4, 0.5) is 0 Å². The molecule has 1 amide bonds. The first-order valence-corrected chi connectivity index (χ1v) is 7.39. The van der Waals surface area contributed by atoms with E-state index in [1.54, 1.807) is 11.3 Å². The largest absolute Gasteiger partial charge is 0.379 e. The molecule has 2 fully saturated rings. The summed E-state index contributed by atoms with van der Waals surface area (Å²) in [5, 5.41) is 4.14. The lowest BCUT2D eigenvalue weighted by Crippen LogP contribution is -2.34. The second kappa shape index (κ2) is 4.97. The third-order valence-corrected chi connectivity index (χ3v) is 4.65. The van der Waals surface area contributed by atoms with Crippen LogP contribution in [-0.4, -0.2) is 30.1 Å². The molecule has 0 bridgehead atoms. The first-order valence-electron chi connectivity index (χ1n) is 6.57. The van der Waals surface area contributed by atoms with Crippen LogP contribution in [0.3, 0.4) is 0 Å². The van der Waals surface area contributed by atoms with Gasteiger partial charge in [0.05, 0.1) is 23.4 Å². The van der Waals surface area contributed by atoms with E-state index in [-0.39, 0.29) is 11.9 Å². The molecule has 4 nitrogen and oxygen atoms in total. The highest BCUT2D eigenvalue weighted by Crippen LogP contribution is 2.34. The molecule has 1 saturated heterocycles. The van der Waals surface area contributed by atoms with E-state index >= 15 is 0 Å². The molecule has 0 radical (unpaired) electrons. The topological polar surface area (TPSA) is 51.2 Å². The summed E-state index contributed by atoms with van der Waals surface area (Å²) < 4.78 is 5.26. The number of hydrogen-bond donors (Lipinski definition) is 1. The van der Waals surface area contributed by atoms with E-state index < -0.39 is 0 Å². The van der Waals surface area contributed by atoms with Gasteiger partial charge < -0.3 is 10.1 Å². The summed E-state index contributed by atoms with van der Waals surface area (Å²) in [6, 6.07) is 0.172. The maximum Gasteiger partial charge on any atom is 0.263 e. The fourth-order valence-electron chi connectivity index (χ4n) is 2.22. The molecule has 5 heteroatoms. The normalized spacial score (nSPS) is 23.3. The molecule has 1 aliphatic carbocycles. The molecule has 18 heavy (non-hydrogen) atoms. The fraction of sp³-hybridized carbons (Fsp3) is 0.692. The Morgan fingerprint density at radius 3 is 3.00 bits per heavy atom. The maximum absolute atomic E-state index is 12.1. The highest BCUT2D eigenvalue weighted by Gasteiger charge is 2.25. The molecule has 1 N–H and O–H groups in total. The minimum Gasteiger partial charge on any atom is -0.379 e. The number of nitrogens with zero attached hydrogens (tertiary/aromatic N) is 1. The molecule has 1 aromatic heterocycles. The Labute approximate surface area is 111 Å². The highest BCUT2D eigenvalue weighted by atomic mass is 32.1. The van der Waals surface area contributed by atoms with E-state index in [1.807, 2.05) is 6.92 Å². The molecule has 3 rings (SSSR count). The average Bonchev–Trinajstić information content (AvgIpc) is 2.85. The van der Waals surface area contributed by atoms with E-state index in [0.29, 0.717) is 6.61 Å². The van der Waals surface area contributed by atoms with Crippen molar-refractivity contribution in [2.24, 2.45) is 5.92 Å². The molecule has 2 aliphatic rings. The fourth-order valence-corrected chi connectivity index (χ4v) is 3.30. The Kier molecular flexibility index (Phi) is 3.35. The molecule has 1 aromatic rings. The van der Waals surface area contributed by atoms with Gasteiger partial charge in [0, 0.05) is 13.0 Å². The summed E-state index contributed by atoms with van der Waals surface area (Å²) in [7, 11) is 0. The third kappa shape index (κ3) is 2.72. The summed E-state index contributed by atoms with van der Waals surface area (Å²) in [5.41, 5.74) is 0.868. The van der Waals surface area contributed by atoms with Crippen molar-refractivity contribution in [1.29, 1.82) is 0 Å². The molecule has 0 aromatic carbocycles. The number of carbonyl (C=O) groups excluding carboxylic acids is 1. The van der Waals surface area contributed by atoms with E-state index in [1.165, 1.54) is 12.8 Å². The summed E-state index contributed by atoms with van der Waals surface area (Å²) in [5.74, 6) is 0.831. The number of aromatic nitrogens is 1. The third-order valence-electron chi connectivity index (χ3n) is 3.47. The van der Waals surface area contributed by atoms with Gasteiger partial charge in [-0.1, -0.05) is 0 Å². The van der Waals surface area contributed by atoms with Gasteiger partial charge in [0.1, 0.15) is 4.88 Å². The van der Waals surface area contributed by atoms with Gasteiger partial charge in [0.2, 0.25) is 0 Å². The number of hydrogen-bond acceptors (Lipinski definition) is 4. The molecule has 1 atom stereocenters. The van der Waals surface area contributed by atoms with E-state index in [2.05, 4.69) is 10.3 Å². The summed E-state index contributed by atoms with van der Waals surface area (Å²) in [6.07, 6.45) is 4.60. The average molecular weight is 266 g/mol. The van der Waals surface area contributed by atoms with Crippen molar-refractivity contribution in [3.8, 4) is 0 Å². The number of nitrogens with one attached hydrogen (secondary N) is 1. The summed E-state index contributed by atoms with van der Waals surface area (Å²) >= 11 is 1.56. The van der Waals surface area contributed by atoms with Crippen molar-refractivity contribution in [3.63, 3.8) is 0 Å².